The van der Waals surface area contributed by atoms with Crippen molar-refractivity contribution in [3.05, 3.63) is 55.5 Å². The number of fused-ring (bicyclic) bond motifs is 1. The highest BCUT2D eigenvalue weighted by Gasteiger charge is 2.15. The van der Waals surface area contributed by atoms with E-state index in [2.05, 4.69) is 32.7 Å². The summed E-state index contributed by atoms with van der Waals surface area (Å²) >= 11 is 2.21. The fraction of sp³-hybridized carbons (Fsp3) is 0.143. The van der Waals surface area contributed by atoms with Gasteiger partial charge >= 0.3 is 0 Å². The monoisotopic (exact) mass is 365 g/mol. The van der Waals surface area contributed by atoms with Crippen molar-refractivity contribution in [1.29, 1.82) is 0 Å². The largest absolute Gasteiger partial charge is 0.306 e. The Bertz CT molecular complexity index is 818. The molecule has 0 saturated carbocycles. The Labute approximate surface area is 123 Å². The maximum absolute atomic E-state index is 12.1. The lowest BCUT2D eigenvalue weighted by atomic mass is 10.1. The molecule has 4 nitrogen and oxygen atoms in total. The van der Waals surface area contributed by atoms with Gasteiger partial charge < -0.3 is 4.98 Å². The summed E-state index contributed by atoms with van der Waals surface area (Å²) < 4.78 is 2.80. The first-order chi connectivity index (χ1) is 9.09. The highest BCUT2D eigenvalue weighted by atomic mass is 127. The third-order valence-corrected chi connectivity index (χ3v) is 4.47. The van der Waals surface area contributed by atoms with E-state index in [0.717, 1.165) is 26.2 Å². The SMILES string of the molecule is Cc1nn2c(-c3ccccc3)c(C)c(=O)[nH]c2c1I. The van der Waals surface area contributed by atoms with Crippen LogP contribution in [0.4, 0.5) is 0 Å². The summed E-state index contributed by atoms with van der Waals surface area (Å²) in [5.41, 5.74) is 4.13. The first-order valence-electron chi connectivity index (χ1n) is 5.92. The number of nitrogens with zero attached hydrogens (tertiary/aromatic N) is 2. The minimum Gasteiger partial charge on any atom is -0.306 e. The summed E-state index contributed by atoms with van der Waals surface area (Å²) in [6.45, 7) is 3.77. The van der Waals surface area contributed by atoms with Gasteiger partial charge in [-0.05, 0) is 36.4 Å². The van der Waals surface area contributed by atoms with Gasteiger partial charge in [-0.25, -0.2) is 4.52 Å². The summed E-state index contributed by atoms with van der Waals surface area (Å²) in [4.78, 5) is 15.0. The van der Waals surface area contributed by atoms with Crippen LogP contribution in [0.5, 0.6) is 0 Å². The molecule has 3 aromatic rings. The van der Waals surface area contributed by atoms with Gasteiger partial charge in [0.2, 0.25) is 0 Å². The lowest BCUT2D eigenvalue weighted by molar-refractivity contribution is 0.907. The smallest absolute Gasteiger partial charge is 0.254 e. The maximum atomic E-state index is 12.1. The quantitative estimate of drug-likeness (QED) is 0.675. The van der Waals surface area contributed by atoms with Gasteiger partial charge in [0.05, 0.1) is 15.0 Å². The second-order valence-corrected chi connectivity index (χ2v) is 5.53. The molecule has 0 aliphatic heterocycles. The van der Waals surface area contributed by atoms with E-state index >= 15 is 0 Å². The molecule has 1 N–H and O–H groups in total. The molecule has 0 atom stereocenters. The third-order valence-electron chi connectivity index (χ3n) is 3.17. The van der Waals surface area contributed by atoms with Crippen molar-refractivity contribution in [1.82, 2.24) is 14.6 Å². The van der Waals surface area contributed by atoms with Crippen molar-refractivity contribution in [2.24, 2.45) is 0 Å². The Balaban J connectivity index is 2.50. The Kier molecular flexibility index (Phi) is 2.93. The molecular weight excluding hydrogens is 353 g/mol. The van der Waals surface area contributed by atoms with Gasteiger partial charge in [-0.3, -0.25) is 4.79 Å². The number of hydrogen-bond acceptors (Lipinski definition) is 2. The predicted molar refractivity (Wildman–Crippen MR) is 83.4 cm³/mol. The third kappa shape index (κ3) is 1.88. The molecule has 0 saturated heterocycles. The van der Waals surface area contributed by atoms with Crippen molar-refractivity contribution in [3.8, 4) is 11.3 Å². The molecule has 0 amide bonds. The van der Waals surface area contributed by atoms with E-state index in [0.29, 0.717) is 5.56 Å². The number of hydrogen-bond donors (Lipinski definition) is 1. The van der Waals surface area contributed by atoms with Crippen LogP contribution >= 0.6 is 22.6 Å². The van der Waals surface area contributed by atoms with Crippen LogP contribution in [-0.4, -0.2) is 14.6 Å². The van der Waals surface area contributed by atoms with E-state index in [1.807, 2.05) is 48.7 Å². The average Bonchev–Trinajstić information content (AvgIpc) is 2.68. The van der Waals surface area contributed by atoms with Crippen LogP contribution in [0.15, 0.2) is 35.1 Å². The number of aryl methyl sites for hydroxylation is 1. The predicted octanol–water partition coefficient (Wildman–Crippen LogP) is 2.91. The van der Waals surface area contributed by atoms with E-state index in [-0.39, 0.29) is 5.56 Å². The van der Waals surface area contributed by atoms with Crippen LogP contribution in [0, 0.1) is 17.4 Å². The van der Waals surface area contributed by atoms with Gasteiger partial charge in [-0.2, -0.15) is 5.10 Å². The van der Waals surface area contributed by atoms with Crippen molar-refractivity contribution in [3.63, 3.8) is 0 Å². The number of nitrogens with one attached hydrogen (secondary N) is 1. The number of H-pyrrole nitrogens is 1. The molecule has 5 heteroatoms. The van der Waals surface area contributed by atoms with Gasteiger partial charge in [-0.15, -0.1) is 0 Å². The van der Waals surface area contributed by atoms with Gasteiger partial charge in [-0.1, -0.05) is 30.3 Å². The van der Waals surface area contributed by atoms with Crippen molar-refractivity contribution in [2.75, 3.05) is 0 Å². The Morgan fingerprint density at radius 2 is 1.89 bits per heavy atom. The lowest BCUT2D eigenvalue weighted by Crippen LogP contribution is -2.15. The number of aromatic amines is 1. The molecule has 0 fully saturated rings. The molecule has 0 aliphatic carbocycles. The van der Waals surface area contributed by atoms with Gasteiger partial charge in [0, 0.05) is 11.1 Å². The molecule has 1 aromatic carbocycles. The molecule has 0 aliphatic rings. The Morgan fingerprint density at radius 1 is 1.21 bits per heavy atom. The summed E-state index contributed by atoms with van der Waals surface area (Å²) in [6, 6.07) is 9.86. The first kappa shape index (κ1) is 12.4. The molecule has 0 bridgehead atoms. The van der Waals surface area contributed by atoms with Gasteiger partial charge in [0.15, 0.2) is 0 Å². The maximum Gasteiger partial charge on any atom is 0.254 e. The molecule has 3 rings (SSSR count). The topological polar surface area (TPSA) is 50.2 Å². The minimum absolute atomic E-state index is 0.0656. The summed E-state index contributed by atoms with van der Waals surface area (Å²) in [5.74, 6) is 0. The van der Waals surface area contributed by atoms with Crippen LogP contribution in [-0.2, 0) is 0 Å². The molecule has 2 aromatic heterocycles. The number of aromatic nitrogens is 3. The lowest BCUT2D eigenvalue weighted by Gasteiger charge is -2.08. The summed E-state index contributed by atoms with van der Waals surface area (Å²) in [7, 11) is 0. The van der Waals surface area contributed by atoms with Crippen LogP contribution in [0.1, 0.15) is 11.3 Å². The van der Waals surface area contributed by atoms with Gasteiger partial charge in [0.1, 0.15) is 5.65 Å². The molecule has 2 heterocycles. The highest BCUT2D eigenvalue weighted by Crippen LogP contribution is 2.24. The van der Waals surface area contributed by atoms with E-state index in [4.69, 9.17) is 0 Å². The standard InChI is InChI=1S/C14H12IN3O/c1-8-12(10-6-4-3-5-7-10)18-13(16-14(8)19)11(15)9(2)17-18/h3-7H,1-2H3,(H,16,19). The normalized spacial score (nSPS) is 11.1. The van der Waals surface area contributed by atoms with Crippen molar-refractivity contribution < 1.29 is 0 Å². The van der Waals surface area contributed by atoms with Crippen molar-refractivity contribution in [2.45, 2.75) is 13.8 Å². The molecular formula is C14H12IN3O. The minimum atomic E-state index is -0.0656. The van der Waals surface area contributed by atoms with E-state index < -0.39 is 0 Å². The van der Waals surface area contributed by atoms with Crippen molar-refractivity contribution >= 4 is 28.2 Å². The second-order valence-electron chi connectivity index (χ2n) is 4.45. The fourth-order valence-corrected chi connectivity index (χ4v) is 2.65. The van der Waals surface area contributed by atoms with E-state index in [1.54, 1.807) is 0 Å². The summed E-state index contributed by atoms with van der Waals surface area (Å²) in [5, 5.41) is 4.53. The number of rotatable bonds is 1. The average molecular weight is 365 g/mol. The number of halogens is 1. The van der Waals surface area contributed by atoms with Crippen LogP contribution in [0.2, 0.25) is 0 Å². The number of benzene rings is 1. The zero-order chi connectivity index (χ0) is 13.6. The zero-order valence-electron chi connectivity index (χ0n) is 10.6. The Hall–Kier alpha value is -1.63. The van der Waals surface area contributed by atoms with Crippen LogP contribution < -0.4 is 5.56 Å². The molecule has 0 spiro atoms. The van der Waals surface area contributed by atoms with Crippen LogP contribution in [0.25, 0.3) is 16.9 Å². The Morgan fingerprint density at radius 3 is 2.58 bits per heavy atom. The molecule has 19 heavy (non-hydrogen) atoms. The second kappa shape index (κ2) is 4.48. The molecule has 0 radical (unpaired) electrons. The van der Waals surface area contributed by atoms with Gasteiger partial charge in [0.25, 0.3) is 5.56 Å². The summed E-state index contributed by atoms with van der Waals surface area (Å²) in [6.07, 6.45) is 0. The fourth-order valence-electron chi connectivity index (χ4n) is 2.18. The first-order valence-corrected chi connectivity index (χ1v) is 7.00. The van der Waals surface area contributed by atoms with E-state index in [9.17, 15) is 4.79 Å². The van der Waals surface area contributed by atoms with E-state index in [1.165, 1.54) is 0 Å². The zero-order valence-corrected chi connectivity index (χ0v) is 12.7. The molecule has 96 valence electrons. The highest BCUT2D eigenvalue weighted by molar-refractivity contribution is 14.1. The van der Waals surface area contributed by atoms with Crippen LogP contribution in [0.3, 0.4) is 0 Å². The molecule has 0 unspecified atom stereocenters.